The van der Waals surface area contributed by atoms with Crippen LogP contribution in [0.5, 0.6) is 11.5 Å². The number of aryl methyl sites for hydroxylation is 1. The number of nitrogens with zero attached hydrogens (tertiary/aromatic N) is 2. The Kier molecular flexibility index (Phi) is 5.89. The molecule has 0 spiro atoms. The molecule has 4 aromatic rings. The molecule has 1 aromatic heterocycles. The highest BCUT2D eigenvalue weighted by atomic mass is 16.6. The Labute approximate surface area is 178 Å². The number of non-ortho nitro benzene ring substituents is 1. The topological polar surface area (TPSA) is 110 Å². The zero-order valence-electron chi connectivity index (χ0n) is 16.6. The van der Waals surface area contributed by atoms with Gasteiger partial charge in [-0.15, -0.1) is 0 Å². The van der Waals surface area contributed by atoms with Crippen molar-refractivity contribution in [1.29, 1.82) is 0 Å². The molecule has 0 unspecified atom stereocenters. The van der Waals surface area contributed by atoms with Crippen LogP contribution in [0.2, 0.25) is 0 Å². The smallest absolute Gasteiger partial charge is 0.271 e. The Morgan fingerprint density at radius 3 is 2.52 bits per heavy atom. The van der Waals surface area contributed by atoms with Crippen LogP contribution in [0.1, 0.15) is 18.7 Å². The molecule has 31 heavy (non-hydrogen) atoms. The van der Waals surface area contributed by atoms with Crippen LogP contribution in [0, 0.1) is 10.1 Å². The maximum atomic E-state index is 12.2. The molecule has 0 atom stereocenters. The molecule has 2 N–H and O–H groups in total. The average Bonchev–Trinajstić information content (AvgIpc) is 3.18. The third-order valence-electron chi connectivity index (χ3n) is 4.66. The van der Waals surface area contributed by atoms with Gasteiger partial charge in [0.05, 0.1) is 16.0 Å². The summed E-state index contributed by atoms with van der Waals surface area (Å²) in [6.45, 7) is 0. The molecule has 1 heterocycles. The first-order valence-electron chi connectivity index (χ1n) is 9.83. The first-order chi connectivity index (χ1) is 15.1. The molecule has 8 heteroatoms. The van der Waals surface area contributed by atoms with Crippen molar-refractivity contribution >= 4 is 28.3 Å². The largest absolute Gasteiger partial charge is 0.457 e. The normalized spacial score (nSPS) is 10.7. The number of aromatic nitrogens is 2. The molecule has 0 fully saturated rings. The number of fused-ring (bicyclic) bond motifs is 1. The number of ether oxygens (including phenoxy) is 1. The van der Waals surface area contributed by atoms with E-state index in [0.717, 1.165) is 11.3 Å². The van der Waals surface area contributed by atoms with Gasteiger partial charge >= 0.3 is 0 Å². The van der Waals surface area contributed by atoms with E-state index in [1.165, 1.54) is 12.1 Å². The number of benzene rings is 3. The minimum atomic E-state index is -0.446. The number of aromatic amines is 1. The molecule has 4 rings (SSSR count). The summed E-state index contributed by atoms with van der Waals surface area (Å²) < 4.78 is 5.74. The van der Waals surface area contributed by atoms with Crippen LogP contribution in [0.3, 0.4) is 0 Å². The molecular formula is C23H20N4O4. The van der Waals surface area contributed by atoms with Crippen LogP contribution in [0.4, 0.5) is 11.4 Å². The Morgan fingerprint density at radius 1 is 1.03 bits per heavy atom. The molecule has 0 saturated heterocycles. The molecule has 8 nitrogen and oxygen atoms in total. The summed E-state index contributed by atoms with van der Waals surface area (Å²) in [5, 5.41) is 13.7. The first kappa shape index (κ1) is 20.1. The van der Waals surface area contributed by atoms with Crippen molar-refractivity contribution in [2.24, 2.45) is 0 Å². The van der Waals surface area contributed by atoms with Crippen LogP contribution < -0.4 is 10.1 Å². The molecular weight excluding hydrogens is 396 g/mol. The van der Waals surface area contributed by atoms with Gasteiger partial charge in [0.15, 0.2) is 0 Å². The zero-order valence-corrected chi connectivity index (χ0v) is 16.6. The lowest BCUT2D eigenvalue weighted by Gasteiger charge is -2.08. The second-order valence-corrected chi connectivity index (χ2v) is 6.98. The summed E-state index contributed by atoms with van der Waals surface area (Å²) in [7, 11) is 0. The van der Waals surface area contributed by atoms with Gasteiger partial charge in [0.2, 0.25) is 5.91 Å². The first-order valence-corrected chi connectivity index (χ1v) is 9.83. The van der Waals surface area contributed by atoms with Gasteiger partial charge in [-0.25, -0.2) is 4.98 Å². The predicted octanol–water partition coefficient (Wildman–Crippen LogP) is 5.22. The molecule has 3 aromatic carbocycles. The fourth-order valence-electron chi connectivity index (χ4n) is 3.15. The second kappa shape index (κ2) is 9.08. The van der Waals surface area contributed by atoms with E-state index < -0.39 is 4.92 Å². The molecule has 1 amide bonds. The lowest BCUT2D eigenvalue weighted by Crippen LogP contribution is -2.11. The maximum absolute atomic E-state index is 12.2. The van der Waals surface area contributed by atoms with Gasteiger partial charge in [-0.05, 0) is 48.9 Å². The van der Waals surface area contributed by atoms with Gasteiger partial charge in [0.25, 0.3) is 5.69 Å². The zero-order chi connectivity index (χ0) is 21.6. The van der Waals surface area contributed by atoms with E-state index in [0.29, 0.717) is 42.0 Å². The highest BCUT2D eigenvalue weighted by Crippen LogP contribution is 2.23. The number of H-pyrrole nitrogens is 1. The van der Waals surface area contributed by atoms with Crippen LogP contribution in [-0.4, -0.2) is 20.8 Å². The molecule has 156 valence electrons. The SMILES string of the molecule is O=C(CCCc1nc2cc([N+](=O)[O-])ccc2[nH]1)Nc1ccc(Oc2ccccc2)cc1. The molecule has 0 aliphatic carbocycles. The van der Waals surface area contributed by atoms with Crippen molar-refractivity contribution in [2.45, 2.75) is 19.3 Å². The fourth-order valence-corrected chi connectivity index (χ4v) is 3.15. The number of hydrogen-bond donors (Lipinski definition) is 2. The number of para-hydroxylation sites is 1. The Balaban J connectivity index is 1.26. The predicted molar refractivity (Wildman–Crippen MR) is 117 cm³/mol. The molecule has 0 aliphatic rings. The van der Waals surface area contributed by atoms with Gasteiger partial charge in [-0.3, -0.25) is 14.9 Å². The van der Waals surface area contributed by atoms with Gasteiger partial charge in [-0.1, -0.05) is 18.2 Å². The van der Waals surface area contributed by atoms with E-state index in [2.05, 4.69) is 15.3 Å². The lowest BCUT2D eigenvalue weighted by atomic mass is 10.2. The van der Waals surface area contributed by atoms with Gasteiger partial charge in [-0.2, -0.15) is 0 Å². The summed E-state index contributed by atoms with van der Waals surface area (Å²) in [5.74, 6) is 2.04. The van der Waals surface area contributed by atoms with Crippen molar-refractivity contribution in [3.63, 3.8) is 0 Å². The van der Waals surface area contributed by atoms with E-state index in [1.807, 2.05) is 30.3 Å². The van der Waals surface area contributed by atoms with Crippen LogP contribution in [0.15, 0.2) is 72.8 Å². The summed E-state index contributed by atoms with van der Waals surface area (Å²) >= 11 is 0. The van der Waals surface area contributed by atoms with Crippen molar-refractivity contribution in [2.75, 3.05) is 5.32 Å². The van der Waals surface area contributed by atoms with Crippen LogP contribution in [-0.2, 0) is 11.2 Å². The van der Waals surface area contributed by atoms with Crippen molar-refractivity contribution in [1.82, 2.24) is 9.97 Å². The van der Waals surface area contributed by atoms with Gasteiger partial charge in [0.1, 0.15) is 17.3 Å². The number of carbonyl (C=O) groups is 1. The number of amides is 1. The van der Waals surface area contributed by atoms with Crippen molar-refractivity contribution in [3.05, 3.63) is 88.7 Å². The van der Waals surface area contributed by atoms with Crippen LogP contribution >= 0.6 is 0 Å². The number of nitrogens with one attached hydrogen (secondary N) is 2. The molecule has 0 radical (unpaired) electrons. The Bertz CT molecular complexity index is 1200. The van der Waals surface area contributed by atoms with Crippen molar-refractivity contribution in [3.8, 4) is 11.5 Å². The third-order valence-corrected chi connectivity index (χ3v) is 4.66. The van der Waals surface area contributed by atoms with E-state index in [4.69, 9.17) is 4.74 Å². The summed E-state index contributed by atoms with van der Waals surface area (Å²) in [6.07, 6.45) is 1.50. The Hall–Kier alpha value is -4.20. The van der Waals surface area contributed by atoms with E-state index in [1.54, 1.807) is 30.3 Å². The van der Waals surface area contributed by atoms with E-state index in [-0.39, 0.29) is 11.6 Å². The molecule has 0 saturated carbocycles. The number of carbonyl (C=O) groups excluding carboxylic acids is 1. The summed E-state index contributed by atoms with van der Waals surface area (Å²) in [4.78, 5) is 30.1. The average molecular weight is 416 g/mol. The number of anilines is 1. The minimum Gasteiger partial charge on any atom is -0.457 e. The maximum Gasteiger partial charge on any atom is 0.271 e. The summed E-state index contributed by atoms with van der Waals surface area (Å²) in [5.41, 5.74) is 1.99. The lowest BCUT2D eigenvalue weighted by molar-refractivity contribution is -0.384. The van der Waals surface area contributed by atoms with Gasteiger partial charge in [0, 0.05) is 30.7 Å². The fraction of sp³-hybridized carbons (Fsp3) is 0.130. The molecule has 0 aliphatic heterocycles. The van der Waals surface area contributed by atoms with Crippen molar-refractivity contribution < 1.29 is 14.5 Å². The highest BCUT2D eigenvalue weighted by Gasteiger charge is 2.10. The Morgan fingerprint density at radius 2 is 1.77 bits per heavy atom. The van der Waals surface area contributed by atoms with E-state index in [9.17, 15) is 14.9 Å². The third kappa shape index (κ3) is 5.24. The number of nitro groups is 1. The number of nitro benzene ring substituents is 1. The standard InChI is InChI=1S/C23H20N4O4/c28-23(24-16-9-12-19(13-10-16)31-18-5-2-1-3-6-18)8-4-7-22-25-20-14-11-17(27(29)30)15-21(20)26-22/h1-3,5-6,9-15H,4,7-8H2,(H,24,28)(H,25,26). The highest BCUT2D eigenvalue weighted by molar-refractivity contribution is 5.90. The minimum absolute atomic E-state index is 0.00474. The molecule has 0 bridgehead atoms. The number of hydrogen-bond acceptors (Lipinski definition) is 5. The second-order valence-electron chi connectivity index (χ2n) is 6.98. The number of rotatable bonds is 8. The summed E-state index contributed by atoms with van der Waals surface area (Å²) in [6, 6.07) is 21.2. The monoisotopic (exact) mass is 416 g/mol. The van der Waals surface area contributed by atoms with E-state index >= 15 is 0 Å². The quantitative estimate of drug-likeness (QED) is 0.302. The number of imidazole rings is 1. The van der Waals surface area contributed by atoms with Crippen LogP contribution in [0.25, 0.3) is 11.0 Å². The van der Waals surface area contributed by atoms with Gasteiger partial charge < -0.3 is 15.0 Å².